The Morgan fingerprint density at radius 1 is 1.31 bits per heavy atom. The Hall–Kier alpha value is -2.47. The fourth-order valence-corrected chi connectivity index (χ4v) is 3.85. The lowest BCUT2D eigenvalue weighted by Crippen LogP contribution is -2.46. The van der Waals surface area contributed by atoms with Crippen molar-refractivity contribution >= 4 is 29.9 Å². The first-order valence-electron chi connectivity index (χ1n) is 10.6. The SMILES string of the molecule is CN=C(NCc1cccc(Cn2ccnc2C)c1)NC1CCc2nc(COC)nn2C1.I. The first-order chi connectivity index (χ1) is 15.1. The molecule has 0 saturated carbocycles. The number of aryl methyl sites for hydroxylation is 2. The molecule has 9 nitrogen and oxygen atoms in total. The van der Waals surface area contributed by atoms with Crippen LogP contribution in [0.25, 0.3) is 0 Å². The normalized spacial score (nSPS) is 15.7. The highest BCUT2D eigenvalue weighted by Crippen LogP contribution is 2.14. The molecule has 0 aliphatic carbocycles. The number of ether oxygens (including phenoxy) is 1. The van der Waals surface area contributed by atoms with Crippen molar-refractivity contribution in [2.24, 2.45) is 4.99 Å². The summed E-state index contributed by atoms with van der Waals surface area (Å²) in [5, 5.41) is 11.5. The molecule has 172 valence electrons. The molecule has 1 aliphatic rings. The van der Waals surface area contributed by atoms with Gasteiger partial charge in [0, 0.05) is 52.1 Å². The van der Waals surface area contributed by atoms with E-state index in [1.807, 2.05) is 24.0 Å². The number of hydrogen-bond acceptors (Lipinski definition) is 5. The van der Waals surface area contributed by atoms with Crippen molar-refractivity contribution in [2.45, 2.75) is 52.0 Å². The minimum absolute atomic E-state index is 0. The molecule has 4 rings (SSSR count). The average molecular weight is 550 g/mol. The number of benzene rings is 1. The molecule has 0 radical (unpaired) electrons. The molecule has 0 saturated heterocycles. The van der Waals surface area contributed by atoms with E-state index in [4.69, 9.17) is 4.74 Å². The van der Waals surface area contributed by atoms with Gasteiger partial charge in [0.2, 0.25) is 0 Å². The van der Waals surface area contributed by atoms with Crippen LogP contribution < -0.4 is 10.6 Å². The molecular formula is C22H31IN8O. The maximum absolute atomic E-state index is 5.14. The number of nitrogens with zero attached hydrogens (tertiary/aromatic N) is 6. The Morgan fingerprint density at radius 3 is 2.91 bits per heavy atom. The number of imidazole rings is 1. The van der Waals surface area contributed by atoms with E-state index in [2.05, 4.69) is 59.5 Å². The van der Waals surface area contributed by atoms with Gasteiger partial charge in [-0.25, -0.2) is 14.6 Å². The zero-order valence-electron chi connectivity index (χ0n) is 18.8. The second-order valence-corrected chi connectivity index (χ2v) is 7.79. The molecule has 1 aromatic carbocycles. The third kappa shape index (κ3) is 6.06. The maximum atomic E-state index is 5.14. The number of fused-ring (bicyclic) bond motifs is 1. The van der Waals surface area contributed by atoms with Gasteiger partial charge in [0.1, 0.15) is 18.3 Å². The van der Waals surface area contributed by atoms with Crippen LogP contribution >= 0.6 is 24.0 Å². The number of rotatable bonds is 7. The first-order valence-corrected chi connectivity index (χ1v) is 10.6. The zero-order chi connectivity index (χ0) is 21.6. The summed E-state index contributed by atoms with van der Waals surface area (Å²) >= 11 is 0. The number of nitrogens with one attached hydrogen (secondary N) is 2. The summed E-state index contributed by atoms with van der Waals surface area (Å²) < 4.78 is 9.27. The van der Waals surface area contributed by atoms with E-state index < -0.39 is 0 Å². The molecule has 2 aromatic heterocycles. The molecule has 3 aromatic rings. The Labute approximate surface area is 205 Å². The molecule has 0 spiro atoms. The lowest BCUT2D eigenvalue weighted by atomic mass is 10.1. The van der Waals surface area contributed by atoms with E-state index in [-0.39, 0.29) is 30.0 Å². The summed E-state index contributed by atoms with van der Waals surface area (Å²) in [6, 6.07) is 8.85. The van der Waals surface area contributed by atoms with E-state index >= 15 is 0 Å². The van der Waals surface area contributed by atoms with Gasteiger partial charge >= 0.3 is 0 Å². The molecule has 1 aliphatic heterocycles. The van der Waals surface area contributed by atoms with Crippen LogP contribution in [0.4, 0.5) is 0 Å². The summed E-state index contributed by atoms with van der Waals surface area (Å²) in [4.78, 5) is 13.2. The van der Waals surface area contributed by atoms with Crippen LogP contribution in [0, 0.1) is 6.92 Å². The van der Waals surface area contributed by atoms with Crippen LogP contribution in [-0.4, -0.2) is 50.5 Å². The maximum Gasteiger partial charge on any atom is 0.191 e. The van der Waals surface area contributed by atoms with Crippen molar-refractivity contribution in [3.8, 4) is 0 Å². The van der Waals surface area contributed by atoms with Gasteiger partial charge in [0.25, 0.3) is 0 Å². The zero-order valence-corrected chi connectivity index (χ0v) is 21.1. The Morgan fingerprint density at radius 2 is 2.16 bits per heavy atom. The van der Waals surface area contributed by atoms with Gasteiger partial charge in [-0.15, -0.1) is 24.0 Å². The van der Waals surface area contributed by atoms with Crippen LogP contribution in [0.1, 0.15) is 35.0 Å². The number of guanidine groups is 1. The second-order valence-electron chi connectivity index (χ2n) is 7.79. The monoisotopic (exact) mass is 550 g/mol. The van der Waals surface area contributed by atoms with E-state index in [1.165, 1.54) is 11.1 Å². The molecule has 10 heteroatoms. The third-order valence-corrected chi connectivity index (χ3v) is 5.47. The molecule has 2 N–H and O–H groups in total. The topological polar surface area (TPSA) is 94.2 Å². The molecule has 0 bridgehead atoms. The van der Waals surface area contributed by atoms with Crippen molar-refractivity contribution in [3.63, 3.8) is 0 Å². The standard InChI is InChI=1S/C22H30N8O.HI/c1-16-24-9-10-29(16)13-18-6-4-5-17(11-18)12-25-22(23-2)26-19-7-8-21-27-20(15-31-3)28-30(21)14-19;/h4-6,9-11,19H,7-8,12-15H2,1-3H3,(H2,23,25,26);1H. The van der Waals surface area contributed by atoms with Crippen molar-refractivity contribution in [1.29, 1.82) is 0 Å². The molecule has 1 atom stereocenters. The third-order valence-electron chi connectivity index (χ3n) is 5.47. The number of aromatic nitrogens is 5. The molecule has 0 amide bonds. The lowest BCUT2D eigenvalue weighted by molar-refractivity contribution is 0.177. The van der Waals surface area contributed by atoms with Crippen molar-refractivity contribution in [3.05, 3.63) is 65.3 Å². The summed E-state index contributed by atoms with van der Waals surface area (Å²) in [5.74, 6) is 3.58. The highest BCUT2D eigenvalue weighted by Gasteiger charge is 2.22. The van der Waals surface area contributed by atoms with Gasteiger partial charge in [-0.05, 0) is 24.5 Å². The largest absolute Gasteiger partial charge is 0.377 e. The van der Waals surface area contributed by atoms with Crippen molar-refractivity contribution in [1.82, 2.24) is 34.9 Å². The molecular weight excluding hydrogens is 519 g/mol. The van der Waals surface area contributed by atoms with Gasteiger partial charge < -0.3 is 19.9 Å². The van der Waals surface area contributed by atoms with Crippen molar-refractivity contribution < 1.29 is 4.74 Å². The Kier molecular flexibility index (Phi) is 8.62. The number of methoxy groups -OCH3 is 1. The van der Waals surface area contributed by atoms with Gasteiger partial charge in [0.15, 0.2) is 11.8 Å². The Balaban J connectivity index is 0.00000289. The van der Waals surface area contributed by atoms with Gasteiger partial charge in [-0.3, -0.25) is 4.99 Å². The van der Waals surface area contributed by atoms with Crippen LogP contribution in [-0.2, 0) is 37.4 Å². The summed E-state index contributed by atoms with van der Waals surface area (Å²) in [6.45, 7) is 4.76. The van der Waals surface area contributed by atoms with Crippen LogP contribution in [0.5, 0.6) is 0 Å². The quantitative estimate of drug-likeness (QED) is 0.267. The van der Waals surface area contributed by atoms with Gasteiger partial charge in [0.05, 0.1) is 6.54 Å². The lowest BCUT2D eigenvalue weighted by Gasteiger charge is -2.25. The summed E-state index contributed by atoms with van der Waals surface area (Å²) in [6.07, 6.45) is 5.73. The van der Waals surface area contributed by atoms with E-state index in [0.29, 0.717) is 13.2 Å². The number of hydrogen-bond donors (Lipinski definition) is 2. The predicted molar refractivity (Wildman–Crippen MR) is 134 cm³/mol. The van der Waals surface area contributed by atoms with E-state index in [9.17, 15) is 0 Å². The predicted octanol–water partition coefficient (Wildman–Crippen LogP) is 2.28. The van der Waals surface area contributed by atoms with Crippen molar-refractivity contribution in [2.75, 3.05) is 14.2 Å². The van der Waals surface area contributed by atoms with Crippen LogP contribution in [0.2, 0.25) is 0 Å². The molecule has 0 fully saturated rings. The number of halogens is 1. The summed E-state index contributed by atoms with van der Waals surface area (Å²) in [5.41, 5.74) is 2.46. The van der Waals surface area contributed by atoms with Crippen LogP contribution in [0.3, 0.4) is 0 Å². The van der Waals surface area contributed by atoms with Gasteiger partial charge in [-0.2, -0.15) is 5.10 Å². The first kappa shape index (κ1) is 24.2. The number of aliphatic imine (C=N–C) groups is 1. The minimum atomic E-state index is 0. The summed E-state index contributed by atoms with van der Waals surface area (Å²) in [7, 11) is 3.46. The van der Waals surface area contributed by atoms with Gasteiger partial charge in [-0.1, -0.05) is 24.3 Å². The van der Waals surface area contributed by atoms with E-state index in [0.717, 1.165) is 49.4 Å². The van der Waals surface area contributed by atoms with E-state index in [1.54, 1.807) is 14.2 Å². The fourth-order valence-electron chi connectivity index (χ4n) is 3.85. The molecule has 3 heterocycles. The Bertz CT molecular complexity index is 1040. The highest BCUT2D eigenvalue weighted by atomic mass is 127. The average Bonchev–Trinajstić information content (AvgIpc) is 3.36. The molecule has 32 heavy (non-hydrogen) atoms. The minimum Gasteiger partial charge on any atom is -0.377 e. The molecule has 1 unspecified atom stereocenters. The second kappa shape index (κ2) is 11.4. The highest BCUT2D eigenvalue weighted by molar-refractivity contribution is 14.0. The fraction of sp³-hybridized carbons (Fsp3) is 0.455. The van der Waals surface area contributed by atoms with Crippen LogP contribution in [0.15, 0.2) is 41.7 Å². The smallest absolute Gasteiger partial charge is 0.191 e.